The van der Waals surface area contributed by atoms with Gasteiger partial charge >= 0.3 is 11.9 Å². The molecule has 1 heterocycles. The summed E-state index contributed by atoms with van der Waals surface area (Å²) in [7, 11) is 1.13. The Hall–Kier alpha value is -2.17. The van der Waals surface area contributed by atoms with Crippen molar-refractivity contribution >= 4 is 18.0 Å². The number of aliphatic carboxylic acids is 1. The van der Waals surface area contributed by atoms with Gasteiger partial charge in [0.15, 0.2) is 0 Å². The molecule has 5 nitrogen and oxygen atoms in total. The Labute approximate surface area is 86.0 Å². The van der Waals surface area contributed by atoms with Crippen LogP contribution in [-0.4, -0.2) is 29.1 Å². The molecule has 0 saturated carbocycles. The summed E-state index contributed by atoms with van der Waals surface area (Å²) in [5.41, 5.74) is 0.103. The van der Waals surface area contributed by atoms with Gasteiger partial charge in [-0.05, 0) is 17.7 Å². The molecule has 0 radical (unpaired) electrons. The topological polar surface area (TPSA) is 76.5 Å². The second-order valence-corrected chi connectivity index (χ2v) is 2.64. The van der Waals surface area contributed by atoms with E-state index in [0.717, 1.165) is 7.11 Å². The quantitative estimate of drug-likeness (QED) is 0.342. The van der Waals surface area contributed by atoms with Crippen LogP contribution in [0.5, 0.6) is 0 Å². The lowest BCUT2D eigenvalue weighted by atomic mass is 10.2. The maximum absolute atomic E-state index is 11.1. The summed E-state index contributed by atoms with van der Waals surface area (Å²) >= 11 is 0. The van der Waals surface area contributed by atoms with E-state index >= 15 is 0 Å². The van der Waals surface area contributed by atoms with Crippen LogP contribution in [0.3, 0.4) is 0 Å². The lowest BCUT2D eigenvalue weighted by Crippen LogP contribution is -2.13. The van der Waals surface area contributed by atoms with E-state index in [1.807, 2.05) is 0 Å². The van der Waals surface area contributed by atoms with Crippen LogP contribution < -0.4 is 0 Å². The van der Waals surface area contributed by atoms with Crippen LogP contribution in [0, 0.1) is 0 Å². The smallest absolute Gasteiger partial charge is 0.345 e. The lowest BCUT2D eigenvalue weighted by Gasteiger charge is -1.99. The maximum atomic E-state index is 11.1. The predicted molar refractivity (Wildman–Crippen MR) is 51.9 cm³/mol. The van der Waals surface area contributed by atoms with Gasteiger partial charge in [-0.25, -0.2) is 9.59 Å². The second-order valence-electron chi connectivity index (χ2n) is 2.64. The van der Waals surface area contributed by atoms with Crippen LogP contribution in [0.15, 0.2) is 30.1 Å². The van der Waals surface area contributed by atoms with Gasteiger partial charge < -0.3 is 9.84 Å². The molecule has 78 valence electrons. The first kappa shape index (κ1) is 10.9. The number of hydrogen-bond acceptors (Lipinski definition) is 4. The first-order chi connectivity index (χ1) is 7.15. The zero-order valence-electron chi connectivity index (χ0n) is 8.01. The van der Waals surface area contributed by atoms with Gasteiger partial charge in [-0.3, -0.25) is 4.98 Å². The highest BCUT2D eigenvalue weighted by atomic mass is 16.5. The molecule has 1 N–H and O–H groups in total. The zero-order chi connectivity index (χ0) is 11.3. The minimum Gasteiger partial charge on any atom is -0.477 e. The highest BCUT2D eigenvalue weighted by molar-refractivity contribution is 6.16. The van der Waals surface area contributed by atoms with Gasteiger partial charge in [0.1, 0.15) is 5.57 Å². The van der Waals surface area contributed by atoms with E-state index in [4.69, 9.17) is 5.11 Å². The second kappa shape index (κ2) is 4.90. The van der Waals surface area contributed by atoms with E-state index < -0.39 is 17.5 Å². The van der Waals surface area contributed by atoms with Crippen molar-refractivity contribution in [3.8, 4) is 0 Å². The number of pyridine rings is 1. The van der Waals surface area contributed by atoms with Crippen LogP contribution >= 0.6 is 0 Å². The largest absolute Gasteiger partial charge is 0.477 e. The van der Waals surface area contributed by atoms with Gasteiger partial charge in [0.2, 0.25) is 0 Å². The molecule has 0 saturated heterocycles. The van der Waals surface area contributed by atoms with E-state index in [1.165, 1.54) is 12.3 Å². The predicted octanol–water partition coefficient (Wildman–Crippen LogP) is 0.723. The normalized spacial score (nSPS) is 10.9. The number of ether oxygens (including phenoxy) is 1. The average molecular weight is 207 g/mol. The first-order valence-electron chi connectivity index (χ1n) is 4.08. The van der Waals surface area contributed by atoms with Gasteiger partial charge in [-0.1, -0.05) is 6.07 Å². The Morgan fingerprint density at radius 1 is 1.53 bits per heavy atom. The Morgan fingerprint density at radius 2 is 2.27 bits per heavy atom. The van der Waals surface area contributed by atoms with E-state index in [2.05, 4.69) is 9.72 Å². The van der Waals surface area contributed by atoms with Gasteiger partial charge in [-0.2, -0.15) is 0 Å². The third kappa shape index (κ3) is 2.91. The lowest BCUT2D eigenvalue weighted by molar-refractivity contribution is -0.142. The van der Waals surface area contributed by atoms with Crippen molar-refractivity contribution in [3.63, 3.8) is 0 Å². The molecule has 0 bridgehead atoms. The molecule has 0 aliphatic heterocycles. The number of carboxylic acids is 1. The van der Waals surface area contributed by atoms with E-state index in [0.29, 0.717) is 5.56 Å². The Bertz CT molecular complexity index is 397. The fourth-order valence-corrected chi connectivity index (χ4v) is 0.946. The SMILES string of the molecule is COC(=O)/C(=C/c1cccnc1)C(=O)O. The van der Waals surface area contributed by atoms with E-state index in [9.17, 15) is 9.59 Å². The summed E-state index contributed by atoms with van der Waals surface area (Å²) in [6.07, 6.45) is 4.21. The van der Waals surface area contributed by atoms with Gasteiger partial charge in [0.25, 0.3) is 0 Å². The fourth-order valence-electron chi connectivity index (χ4n) is 0.946. The number of rotatable bonds is 3. The monoisotopic (exact) mass is 207 g/mol. The van der Waals surface area contributed by atoms with Crippen molar-refractivity contribution in [2.24, 2.45) is 0 Å². The average Bonchev–Trinajstić information content (AvgIpc) is 2.26. The number of carbonyl (C=O) groups is 2. The summed E-state index contributed by atoms with van der Waals surface area (Å²) in [5, 5.41) is 8.75. The third-order valence-electron chi connectivity index (χ3n) is 1.63. The van der Waals surface area contributed by atoms with Crippen LogP contribution in [0.1, 0.15) is 5.56 Å². The molecule has 0 amide bonds. The van der Waals surface area contributed by atoms with Crippen molar-refractivity contribution < 1.29 is 19.4 Å². The van der Waals surface area contributed by atoms with Gasteiger partial charge in [-0.15, -0.1) is 0 Å². The first-order valence-corrected chi connectivity index (χ1v) is 4.08. The molecular weight excluding hydrogens is 198 g/mol. The number of carbonyl (C=O) groups excluding carboxylic acids is 1. The highest BCUT2D eigenvalue weighted by Crippen LogP contribution is 2.06. The molecule has 1 rings (SSSR count). The van der Waals surface area contributed by atoms with Crippen LogP contribution in [0.4, 0.5) is 0 Å². The van der Waals surface area contributed by atoms with Crippen molar-refractivity contribution in [2.45, 2.75) is 0 Å². The molecule has 0 spiro atoms. The molecule has 0 aromatic carbocycles. The fraction of sp³-hybridized carbons (Fsp3) is 0.100. The van der Waals surface area contributed by atoms with Gasteiger partial charge in [0.05, 0.1) is 7.11 Å². The summed E-state index contributed by atoms with van der Waals surface area (Å²) in [6, 6.07) is 3.28. The number of methoxy groups -OCH3 is 1. The molecule has 0 atom stereocenters. The number of esters is 1. The van der Waals surface area contributed by atoms with Crippen LogP contribution in [0.25, 0.3) is 6.08 Å². The molecule has 0 aliphatic carbocycles. The molecular formula is C10H9NO4. The summed E-state index contributed by atoms with van der Waals surface area (Å²) < 4.78 is 4.34. The maximum Gasteiger partial charge on any atom is 0.345 e. The number of hydrogen-bond donors (Lipinski definition) is 1. The third-order valence-corrected chi connectivity index (χ3v) is 1.63. The molecule has 5 heteroatoms. The summed E-state index contributed by atoms with van der Waals surface area (Å²) in [5.74, 6) is -2.21. The highest BCUT2D eigenvalue weighted by Gasteiger charge is 2.17. The summed E-state index contributed by atoms with van der Waals surface area (Å²) in [4.78, 5) is 25.6. The van der Waals surface area contributed by atoms with E-state index in [1.54, 1.807) is 18.3 Å². The Kier molecular flexibility index (Phi) is 3.56. The minimum absolute atomic E-state index is 0.425. The molecule has 0 aliphatic rings. The molecule has 15 heavy (non-hydrogen) atoms. The van der Waals surface area contributed by atoms with Gasteiger partial charge in [0, 0.05) is 12.4 Å². The van der Waals surface area contributed by atoms with Crippen molar-refractivity contribution in [1.29, 1.82) is 0 Å². The Balaban J connectivity index is 3.05. The minimum atomic E-state index is -1.33. The van der Waals surface area contributed by atoms with Crippen LogP contribution in [0.2, 0.25) is 0 Å². The summed E-state index contributed by atoms with van der Waals surface area (Å²) in [6.45, 7) is 0. The van der Waals surface area contributed by atoms with Crippen molar-refractivity contribution in [1.82, 2.24) is 4.98 Å². The standard InChI is InChI=1S/C10H9NO4/c1-15-10(14)8(9(12)13)5-7-3-2-4-11-6-7/h2-6H,1H3,(H,12,13)/b8-5+. The molecule has 1 aromatic rings. The number of aromatic nitrogens is 1. The van der Waals surface area contributed by atoms with Crippen molar-refractivity contribution in [2.75, 3.05) is 7.11 Å². The molecule has 0 fully saturated rings. The molecule has 1 aromatic heterocycles. The number of carboxylic acid groups (broad SMARTS) is 1. The Morgan fingerprint density at radius 3 is 2.73 bits per heavy atom. The molecule has 0 unspecified atom stereocenters. The van der Waals surface area contributed by atoms with Crippen LogP contribution in [-0.2, 0) is 14.3 Å². The number of nitrogens with zero attached hydrogens (tertiary/aromatic N) is 1. The van der Waals surface area contributed by atoms with Crippen molar-refractivity contribution in [3.05, 3.63) is 35.7 Å². The van der Waals surface area contributed by atoms with E-state index in [-0.39, 0.29) is 0 Å². The zero-order valence-corrected chi connectivity index (χ0v) is 8.01.